The largest absolute Gasteiger partial charge is 0.493 e. The number of aromatic nitrogens is 2. The monoisotopic (exact) mass is 597 g/mol. The Morgan fingerprint density at radius 2 is 1.66 bits per heavy atom. The van der Waals surface area contributed by atoms with Crippen LogP contribution in [0.1, 0.15) is 22.3 Å². The average Bonchev–Trinajstić information content (AvgIpc) is 3.33. The molecule has 44 heavy (non-hydrogen) atoms. The Bertz CT molecular complexity index is 1570. The molecule has 0 aliphatic carbocycles. The van der Waals surface area contributed by atoms with E-state index in [1.807, 2.05) is 60.7 Å². The predicted octanol–water partition coefficient (Wildman–Crippen LogP) is 4.72. The average molecular weight is 598 g/mol. The zero-order valence-corrected chi connectivity index (χ0v) is 25.0. The Balaban J connectivity index is 1.23. The summed E-state index contributed by atoms with van der Waals surface area (Å²) in [6.07, 6.45) is 1.33. The maximum Gasteiger partial charge on any atom is 0.254 e. The lowest BCUT2D eigenvalue weighted by Gasteiger charge is -2.27. The molecule has 0 N–H and O–H groups in total. The summed E-state index contributed by atoms with van der Waals surface area (Å²) in [7, 11) is 3.19. The van der Waals surface area contributed by atoms with Gasteiger partial charge in [-0.25, -0.2) is 4.39 Å². The molecule has 2 amide bonds. The molecule has 9 nitrogen and oxygen atoms in total. The molecular formula is C34H36FN5O4. The number of amides is 2. The van der Waals surface area contributed by atoms with E-state index < -0.39 is 5.82 Å². The van der Waals surface area contributed by atoms with Gasteiger partial charge in [0.25, 0.3) is 5.91 Å². The van der Waals surface area contributed by atoms with Gasteiger partial charge in [-0.15, -0.1) is 10.2 Å². The molecule has 1 saturated heterocycles. The zero-order valence-electron chi connectivity index (χ0n) is 25.0. The smallest absolute Gasteiger partial charge is 0.254 e. The molecule has 10 heteroatoms. The normalized spacial score (nSPS) is 13.2. The van der Waals surface area contributed by atoms with E-state index in [4.69, 9.17) is 9.47 Å². The van der Waals surface area contributed by atoms with Gasteiger partial charge < -0.3 is 24.2 Å². The summed E-state index contributed by atoms with van der Waals surface area (Å²) >= 11 is 0. The van der Waals surface area contributed by atoms with Crippen LogP contribution in [0.15, 0.2) is 84.9 Å². The van der Waals surface area contributed by atoms with Crippen molar-refractivity contribution in [2.45, 2.75) is 12.8 Å². The van der Waals surface area contributed by atoms with Crippen LogP contribution in [0.4, 0.5) is 10.2 Å². The van der Waals surface area contributed by atoms with E-state index in [0.717, 1.165) is 23.4 Å². The minimum atomic E-state index is -0.488. The van der Waals surface area contributed by atoms with Crippen LogP contribution in [0.5, 0.6) is 11.5 Å². The molecule has 0 atom stereocenters. The van der Waals surface area contributed by atoms with Gasteiger partial charge >= 0.3 is 0 Å². The molecule has 0 saturated carbocycles. The molecule has 0 unspecified atom stereocenters. The van der Waals surface area contributed by atoms with Crippen LogP contribution in [-0.2, 0) is 11.2 Å². The van der Waals surface area contributed by atoms with Gasteiger partial charge in [0.1, 0.15) is 12.4 Å². The number of hydrogen-bond donors (Lipinski definition) is 0. The van der Waals surface area contributed by atoms with Crippen molar-refractivity contribution in [3.05, 3.63) is 102 Å². The van der Waals surface area contributed by atoms with Crippen LogP contribution < -0.4 is 14.4 Å². The highest BCUT2D eigenvalue weighted by Gasteiger charge is 2.25. The number of ether oxygens (including phenoxy) is 2. The molecule has 0 bridgehead atoms. The first-order valence-electron chi connectivity index (χ1n) is 14.6. The summed E-state index contributed by atoms with van der Waals surface area (Å²) in [5.41, 5.74) is 2.85. The van der Waals surface area contributed by atoms with Crippen molar-refractivity contribution in [1.29, 1.82) is 0 Å². The fraction of sp³-hybridized carbons (Fsp3) is 0.294. The number of halogens is 1. The molecule has 1 aliphatic rings. The minimum Gasteiger partial charge on any atom is -0.493 e. The molecule has 5 rings (SSSR count). The summed E-state index contributed by atoms with van der Waals surface area (Å²) in [6.45, 7) is 2.60. The van der Waals surface area contributed by atoms with Gasteiger partial charge in [-0.05, 0) is 66.9 Å². The third-order valence-corrected chi connectivity index (χ3v) is 7.70. The van der Waals surface area contributed by atoms with E-state index in [1.54, 1.807) is 25.2 Å². The van der Waals surface area contributed by atoms with Gasteiger partial charge in [0, 0.05) is 43.9 Å². The van der Waals surface area contributed by atoms with Crippen molar-refractivity contribution in [1.82, 2.24) is 20.0 Å². The summed E-state index contributed by atoms with van der Waals surface area (Å²) in [6, 6.07) is 24.8. The fourth-order valence-corrected chi connectivity index (χ4v) is 5.27. The Hall–Kier alpha value is -4.99. The highest BCUT2D eigenvalue weighted by molar-refractivity contribution is 5.96. The van der Waals surface area contributed by atoms with E-state index in [9.17, 15) is 14.0 Å². The second-order valence-corrected chi connectivity index (χ2v) is 10.5. The van der Waals surface area contributed by atoms with Crippen LogP contribution in [-0.4, -0.2) is 85.3 Å². The highest BCUT2D eigenvalue weighted by atomic mass is 19.1. The summed E-state index contributed by atoms with van der Waals surface area (Å²) in [5.74, 6) is 0.994. The quantitative estimate of drug-likeness (QED) is 0.261. The maximum atomic E-state index is 13.9. The first kappa shape index (κ1) is 30.5. The molecule has 0 radical (unpaired) electrons. The highest BCUT2D eigenvalue weighted by Crippen LogP contribution is 2.31. The molecule has 228 valence electrons. The zero-order chi connectivity index (χ0) is 30.9. The first-order valence-corrected chi connectivity index (χ1v) is 14.6. The number of anilines is 1. The summed E-state index contributed by atoms with van der Waals surface area (Å²) < 4.78 is 24.6. The van der Waals surface area contributed by atoms with Gasteiger partial charge in [-0.2, -0.15) is 0 Å². The van der Waals surface area contributed by atoms with Crippen molar-refractivity contribution in [2.75, 3.05) is 58.4 Å². The van der Waals surface area contributed by atoms with E-state index in [-0.39, 0.29) is 23.9 Å². The van der Waals surface area contributed by atoms with Crippen LogP contribution in [0.2, 0.25) is 0 Å². The number of carbonyl (C=O) groups excluding carboxylic acids is 2. The maximum absolute atomic E-state index is 13.9. The predicted molar refractivity (Wildman–Crippen MR) is 166 cm³/mol. The minimum absolute atomic E-state index is 0.0813. The number of benzene rings is 3. The van der Waals surface area contributed by atoms with Gasteiger partial charge in [-0.1, -0.05) is 36.4 Å². The number of nitrogens with zero attached hydrogens (tertiary/aromatic N) is 5. The molecular weight excluding hydrogens is 561 g/mol. The molecule has 3 aromatic carbocycles. The van der Waals surface area contributed by atoms with Crippen LogP contribution >= 0.6 is 0 Å². The Labute approximate surface area is 256 Å². The third kappa shape index (κ3) is 7.50. The molecule has 0 spiro atoms. The Kier molecular flexibility index (Phi) is 10.0. The van der Waals surface area contributed by atoms with E-state index in [2.05, 4.69) is 15.1 Å². The molecule has 1 fully saturated rings. The SMILES string of the molecule is COc1ccc(-c2ccc(N3CCCN(C(=O)CN(CCc4ccccc4)C(=O)c4cccc(F)c4)CC3)nn2)cc1OC. The third-order valence-electron chi connectivity index (χ3n) is 7.70. The molecule has 4 aromatic rings. The lowest BCUT2D eigenvalue weighted by Crippen LogP contribution is -2.45. The Morgan fingerprint density at radius 3 is 2.39 bits per heavy atom. The van der Waals surface area contributed by atoms with E-state index >= 15 is 0 Å². The summed E-state index contributed by atoms with van der Waals surface area (Å²) in [5, 5.41) is 8.91. The van der Waals surface area contributed by atoms with Gasteiger partial charge in [0.15, 0.2) is 17.3 Å². The van der Waals surface area contributed by atoms with Crippen molar-refractivity contribution in [3.63, 3.8) is 0 Å². The number of hydrogen-bond acceptors (Lipinski definition) is 7. The first-order chi connectivity index (χ1) is 21.4. The van der Waals surface area contributed by atoms with Crippen molar-refractivity contribution in [3.8, 4) is 22.8 Å². The summed E-state index contributed by atoms with van der Waals surface area (Å²) in [4.78, 5) is 32.3. The van der Waals surface area contributed by atoms with Crippen molar-refractivity contribution < 1.29 is 23.5 Å². The Morgan fingerprint density at radius 1 is 0.841 bits per heavy atom. The second kappa shape index (κ2) is 14.5. The van der Waals surface area contributed by atoms with Crippen molar-refractivity contribution >= 4 is 17.6 Å². The van der Waals surface area contributed by atoms with Crippen molar-refractivity contribution in [2.24, 2.45) is 0 Å². The van der Waals surface area contributed by atoms with Gasteiger partial charge in [-0.3, -0.25) is 9.59 Å². The molecule has 2 heterocycles. The van der Waals surface area contributed by atoms with Gasteiger partial charge in [0.05, 0.1) is 19.9 Å². The number of rotatable bonds is 10. The van der Waals surface area contributed by atoms with E-state index in [0.29, 0.717) is 56.3 Å². The second-order valence-electron chi connectivity index (χ2n) is 10.5. The van der Waals surface area contributed by atoms with Gasteiger partial charge in [0.2, 0.25) is 5.91 Å². The van der Waals surface area contributed by atoms with Crippen LogP contribution in [0, 0.1) is 5.82 Å². The lowest BCUT2D eigenvalue weighted by atomic mass is 10.1. The van der Waals surface area contributed by atoms with Crippen LogP contribution in [0.3, 0.4) is 0 Å². The number of methoxy groups -OCH3 is 2. The number of carbonyl (C=O) groups is 2. The lowest BCUT2D eigenvalue weighted by molar-refractivity contribution is -0.131. The topological polar surface area (TPSA) is 88.1 Å². The fourth-order valence-electron chi connectivity index (χ4n) is 5.27. The molecule has 1 aliphatic heterocycles. The standard InChI is InChI=1S/C34H36FN5O4/c1-43-30-14-12-26(23-31(30)44-2)29-13-15-32(37-36-29)38-17-7-18-39(21-20-38)33(41)24-40(19-16-25-8-4-3-5-9-25)34(42)27-10-6-11-28(35)22-27/h3-6,8-15,22-23H,7,16-21,24H2,1-2H3. The van der Waals surface area contributed by atoms with E-state index in [1.165, 1.54) is 23.1 Å². The van der Waals surface area contributed by atoms with Crippen LogP contribution in [0.25, 0.3) is 11.3 Å². The molecule has 1 aromatic heterocycles.